The Kier molecular flexibility index (Phi) is 15.1. The molecule has 0 spiro atoms. The highest BCUT2D eigenvalue weighted by Gasteiger charge is 1.99. The van der Waals surface area contributed by atoms with E-state index < -0.39 is 0 Å². The average molecular weight is 621 g/mol. The first-order chi connectivity index (χ1) is 22.7. The van der Waals surface area contributed by atoms with E-state index in [2.05, 4.69) is 44.9 Å². The lowest BCUT2D eigenvalue weighted by atomic mass is 10.2. The zero-order chi connectivity index (χ0) is 32.1. The summed E-state index contributed by atoms with van der Waals surface area (Å²) in [5.41, 5.74) is 5.26. The summed E-state index contributed by atoms with van der Waals surface area (Å²) in [7, 11) is 0. The van der Waals surface area contributed by atoms with Gasteiger partial charge in [0.2, 0.25) is 0 Å². The Balaban J connectivity index is 1.11. The molecule has 0 fully saturated rings. The third kappa shape index (κ3) is 13.1. The number of anilines is 2. The molecule has 4 rings (SSSR count). The molecule has 0 unspecified atom stereocenters. The van der Waals surface area contributed by atoms with Crippen molar-refractivity contribution in [2.24, 2.45) is 20.5 Å². The van der Waals surface area contributed by atoms with E-state index in [4.69, 9.17) is 9.47 Å². The van der Waals surface area contributed by atoms with Crippen LogP contribution in [0.1, 0.15) is 65.2 Å². The molecule has 46 heavy (non-hydrogen) atoms. The van der Waals surface area contributed by atoms with Crippen molar-refractivity contribution in [3.8, 4) is 11.5 Å². The fourth-order valence-corrected chi connectivity index (χ4v) is 4.59. The predicted molar refractivity (Wildman–Crippen MR) is 190 cm³/mol. The Morgan fingerprint density at radius 3 is 1.07 bits per heavy atom. The first-order valence-electron chi connectivity index (χ1n) is 16.7. The Morgan fingerprint density at radius 2 is 0.739 bits per heavy atom. The first kappa shape index (κ1) is 34.2. The second-order valence-electron chi connectivity index (χ2n) is 11.2. The second kappa shape index (κ2) is 20.3. The Bertz CT molecular complexity index is 1320. The molecule has 0 bridgehead atoms. The molecule has 0 atom stereocenters. The minimum atomic E-state index is 0.755. The fourth-order valence-electron chi connectivity index (χ4n) is 4.59. The molecule has 0 saturated carbocycles. The molecule has 8 heteroatoms. The summed E-state index contributed by atoms with van der Waals surface area (Å²) in [6, 6.07) is 31.4. The third-order valence-electron chi connectivity index (χ3n) is 7.29. The topological polar surface area (TPSA) is 92.0 Å². The van der Waals surface area contributed by atoms with Crippen molar-refractivity contribution in [3.05, 3.63) is 97.1 Å². The van der Waals surface area contributed by atoms with E-state index in [-0.39, 0.29) is 0 Å². The largest absolute Gasteiger partial charge is 0.494 e. The van der Waals surface area contributed by atoms with Gasteiger partial charge in [0.05, 0.1) is 36.0 Å². The van der Waals surface area contributed by atoms with Crippen molar-refractivity contribution >= 4 is 34.1 Å². The standard InChI is InChI=1S/C38H48N6O2/c1-3-5-7-9-29-45-37-23-19-35(20-24-37)43-41-33-15-11-31(12-16-33)39-27-28-40-32-13-17-34(18-14-32)42-44-36-21-25-38(26-22-36)46-30-10-8-6-4-2/h11-26,39-40H,3-10,27-30H2,1-2H3. The number of benzene rings is 4. The Labute approximate surface area is 274 Å². The number of ether oxygens (including phenoxy) is 2. The highest BCUT2D eigenvalue weighted by atomic mass is 16.5. The molecule has 0 aromatic heterocycles. The van der Waals surface area contributed by atoms with Crippen molar-refractivity contribution in [1.82, 2.24) is 0 Å². The smallest absolute Gasteiger partial charge is 0.119 e. The summed E-state index contributed by atoms with van der Waals surface area (Å²) < 4.78 is 11.6. The van der Waals surface area contributed by atoms with Crippen LogP contribution < -0.4 is 20.1 Å². The predicted octanol–water partition coefficient (Wildman–Crippen LogP) is 12.0. The molecule has 0 heterocycles. The molecule has 0 aliphatic rings. The van der Waals surface area contributed by atoms with Crippen LogP contribution in [0.25, 0.3) is 0 Å². The van der Waals surface area contributed by atoms with Gasteiger partial charge in [0.1, 0.15) is 11.5 Å². The number of nitrogens with zero attached hydrogens (tertiary/aromatic N) is 4. The fraction of sp³-hybridized carbons (Fsp3) is 0.368. The quantitative estimate of drug-likeness (QED) is 0.0716. The Hall–Kier alpha value is -4.72. The molecule has 0 saturated heterocycles. The monoisotopic (exact) mass is 620 g/mol. The van der Waals surface area contributed by atoms with Gasteiger partial charge in [0, 0.05) is 24.5 Å². The van der Waals surface area contributed by atoms with Crippen LogP contribution >= 0.6 is 0 Å². The van der Waals surface area contributed by atoms with Crippen LogP contribution in [0.5, 0.6) is 11.5 Å². The maximum Gasteiger partial charge on any atom is 0.119 e. The molecule has 0 aliphatic carbocycles. The number of nitrogens with one attached hydrogen (secondary N) is 2. The van der Waals surface area contributed by atoms with Gasteiger partial charge in [-0.05, 0) is 110 Å². The molecule has 4 aromatic rings. The minimum Gasteiger partial charge on any atom is -0.494 e. The number of hydrogen-bond acceptors (Lipinski definition) is 8. The summed E-state index contributed by atoms with van der Waals surface area (Å²) in [5.74, 6) is 1.74. The van der Waals surface area contributed by atoms with Gasteiger partial charge in [-0.2, -0.15) is 20.5 Å². The highest BCUT2D eigenvalue weighted by Crippen LogP contribution is 2.24. The number of azo groups is 2. The van der Waals surface area contributed by atoms with Crippen LogP contribution in [-0.2, 0) is 0 Å². The molecule has 0 radical (unpaired) electrons. The summed E-state index contributed by atoms with van der Waals surface area (Å²) in [6.45, 7) is 7.48. The summed E-state index contributed by atoms with van der Waals surface area (Å²) in [6.07, 6.45) is 9.59. The maximum atomic E-state index is 5.80. The van der Waals surface area contributed by atoms with Gasteiger partial charge in [0.25, 0.3) is 0 Å². The number of hydrogen-bond donors (Lipinski definition) is 2. The van der Waals surface area contributed by atoms with Crippen LogP contribution in [-0.4, -0.2) is 26.3 Å². The van der Waals surface area contributed by atoms with Crippen LogP contribution in [0.3, 0.4) is 0 Å². The number of rotatable bonds is 21. The van der Waals surface area contributed by atoms with Gasteiger partial charge >= 0.3 is 0 Å². The normalized spacial score (nSPS) is 11.3. The molecule has 0 amide bonds. The molecule has 8 nitrogen and oxygen atoms in total. The van der Waals surface area contributed by atoms with E-state index in [0.29, 0.717) is 0 Å². The summed E-state index contributed by atoms with van der Waals surface area (Å²) >= 11 is 0. The summed E-state index contributed by atoms with van der Waals surface area (Å²) in [4.78, 5) is 0. The SMILES string of the molecule is CCCCCCOc1ccc(N=Nc2ccc(NCCNc3ccc(N=Nc4ccc(OCCCCCC)cc4)cc3)cc2)cc1. The van der Waals surface area contributed by atoms with Crippen molar-refractivity contribution < 1.29 is 9.47 Å². The minimum absolute atomic E-state index is 0.755. The van der Waals surface area contributed by atoms with E-state index in [1.807, 2.05) is 97.1 Å². The van der Waals surface area contributed by atoms with Crippen LogP contribution in [0.15, 0.2) is 118 Å². The second-order valence-corrected chi connectivity index (χ2v) is 11.2. The maximum absolute atomic E-state index is 5.80. The molecular weight excluding hydrogens is 572 g/mol. The van der Waals surface area contributed by atoms with Crippen LogP contribution in [0, 0.1) is 0 Å². The van der Waals surface area contributed by atoms with Gasteiger partial charge in [-0.1, -0.05) is 52.4 Å². The molecule has 242 valence electrons. The molecule has 0 aliphatic heterocycles. The van der Waals surface area contributed by atoms with Crippen LogP contribution in [0.2, 0.25) is 0 Å². The molecule has 4 aromatic carbocycles. The molecular formula is C38H48N6O2. The summed E-state index contributed by atoms with van der Waals surface area (Å²) in [5, 5.41) is 24.3. The van der Waals surface area contributed by atoms with E-state index in [1.165, 1.54) is 38.5 Å². The number of unbranched alkanes of at least 4 members (excludes halogenated alkanes) is 6. The lowest BCUT2D eigenvalue weighted by Gasteiger charge is -2.09. The highest BCUT2D eigenvalue weighted by molar-refractivity contribution is 5.53. The van der Waals surface area contributed by atoms with Gasteiger partial charge in [-0.25, -0.2) is 0 Å². The van der Waals surface area contributed by atoms with Gasteiger partial charge < -0.3 is 20.1 Å². The van der Waals surface area contributed by atoms with Crippen molar-refractivity contribution in [2.75, 3.05) is 36.9 Å². The van der Waals surface area contributed by atoms with Crippen molar-refractivity contribution in [2.45, 2.75) is 65.2 Å². The zero-order valence-electron chi connectivity index (χ0n) is 27.3. The van der Waals surface area contributed by atoms with E-state index in [9.17, 15) is 0 Å². The average Bonchev–Trinajstić information content (AvgIpc) is 3.10. The van der Waals surface area contributed by atoms with E-state index in [0.717, 1.165) is 84.8 Å². The van der Waals surface area contributed by atoms with E-state index in [1.54, 1.807) is 0 Å². The molecule has 2 N–H and O–H groups in total. The van der Waals surface area contributed by atoms with Gasteiger partial charge in [0.15, 0.2) is 0 Å². The third-order valence-corrected chi connectivity index (χ3v) is 7.29. The van der Waals surface area contributed by atoms with Gasteiger partial charge in [-0.15, -0.1) is 0 Å². The van der Waals surface area contributed by atoms with Crippen molar-refractivity contribution in [3.63, 3.8) is 0 Å². The first-order valence-corrected chi connectivity index (χ1v) is 16.7. The van der Waals surface area contributed by atoms with Crippen LogP contribution in [0.4, 0.5) is 34.1 Å². The zero-order valence-corrected chi connectivity index (χ0v) is 27.3. The Morgan fingerprint density at radius 1 is 0.413 bits per heavy atom. The lowest BCUT2D eigenvalue weighted by molar-refractivity contribution is 0.305. The lowest BCUT2D eigenvalue weighted by Crippen LogP contribution is -2.13. The van der Waals surface area contributed by atoms with Gasteiger partial charge in [-0.3, -0.25) is 0 Å². The van der Waals surface area contributed by atoms with E-state index >= 15 is 0 Å². The van der Waals surface area contributed by atoms with Crippen molar-refractivity contribution in [1.29, 1.82) is 0 Å².